The fourth-order valence-electron chi connectivity index (χ4n) is 4.09. The molecule has 12 nitrogen and oxygen atoms in total. The van der Waals surface area contributed by atoms with E-state index < -0.39 is 5.91 Å². The average molecular weight is 551 g/mol. The van der Waals surface area contributed by atoms with E-state index in [1.165, 1.54) is 32.7 Å². The molecule has 0 spiro atoms. The van der Waals surface area contributed by atoms with Crippen molar-refractivity contribution in [1.82, 2.24) is 25.7 Å². The summed E-state index contributed by atoms with van der Waals surface area (Å²) in [5, 5.41) is 6.60. The van der Waals surface area contributed by atoms with E-state index in [0.29, 0.717) is 53.2 Å². The number of ether oxygens (including phenoxy) is 3. The summed E-state index contributed by atoms with van der Waals surface area (Å²) in [6.45, 7) is 3.78. The molecule has 1 aliphatic heterocycles. The second-order valence-corrected chi connectivity index (χ2v) is 9.73. The van der Waals surface area contributed by atoms with Gasteiger partial charge in [0.25, 0.3) is 5.91 Å². The third-order valence-corrected chi connectivity index (χ3v) is 6.20. The second kappa shape index (κ2) is 14.1. The van der Waals surface area contributed by atoms with Crippen LogP contribution in [0.3, 0.4) is 0 Å². The molecule has 2 aromatic rings. The highest BCUT2D eigenvalue weighted by Crippen LogP contribution is 2.31. The van der Waals surface area contributed by atoms with Gasteiger partial charge in [0.05, 0.1) is 56.9 Å². The van der Waals surface area contributed by atoms with E-state index in [9.17, 15) is 9.59 Å². The Hall–Kier alpha value is -3.19. The summed E-state index contributed by atoms with van der Waals surface area (Å²) >= 11 is 6.40. The number of carbonyl (C=O) groups is 2. The Labute approximate surface area is 227 Å². The lowest BCUT2D eigenvalue weighted by molar-refractivity contribution is -0.122. The number of hydrogen-bond acceptors (Lipinski definition) is 10. The third-order valence-electron chi connectivity index (χ3n) is 5.77. The maximum Gasteiger partial charge on any atom is 0.274 e. The molecule has 1 aliphatic rings. The zero-order valence-corrected chi connectivity index (χ0v) is 23.0. The number of rotatable bonds is 13. The summed E-state index contributed by atoms with van der Waals surface area (Å²) < 4.78 is 16.6. The van der Waals surface area contributed by atoms with Gasteiger partial charge in [0, 0.05) is 24.1 Å². The number of nitrogens with zero attached hydrogens (tertiary/aromatic N) is 3. The monoisotopic (exact) mass is 550 g/mol. The zero-order valence-electron chi connectivity index (χ0n) is 22.2. The zero-order chi connectivity index (χ0) is 27.7. The van der Waals surface area contributed by atoms with Crippen molar-refractivity contribution in [2.75, 3.05) is 53.4 Å². The summed E-state index contributed by atoms with van der Waals surface area (Å²) in [5.41, 5.74) is 3.10. The Bertz CT molecular complexity index is 1090. The van der Waals surface area contributed by atoms with E-state index in [0.717, 1.165) is 6.54 Å². The molecule has 3 N–H and O–H groups in total. The van der Waals surface area contributed by atoms with E-state index in [1.807, 2.05) is 14.1 Å². The van der Waals surface area contributed by atoms with Crippen LogP contribution >= 0.6 is 11.6 Å². The highest BCUT2D eigenvalue weighted by atomic mass is 35.5. The first-order valence-electron chi connectivity index (χ1n) is 12.1. The maximum atomic E-state index is 12.5. The van der Waals surface area contributed by atoms with Crippen molar-refractivity contribution in [3.8, 4) is 11.5 Å². The van der Waals surface area contributed by atoms with Crippen molar-refractivity contribution in [2.45, 2.75) is 32.0 Å². The van der Waals surface area contributed by atoms with Crippen molar-refractivity contribution < 1.29 is 28.6 Å². The lowest BCUT2D eigenvalue weighted by Crippen LogP contribution is -2.46. The third kappa shape index (κ3) is 8.42. The lowest BCUT2D eigenvalue weighted by atomic mass is 10.1. The number of anilines is 1. The van der Waals surface area contributed by atoms with Crippen LogP contribution in [0, 0.1) is 5.92 Å². The van der Waals surface area contributed by atoms with Crippen molar-refractivity contribution in [3.63, 3.8) is 0 Å². The van der Waals surface area contributed by atoms with E-state index >= 15 is 0 Å². The van der Waals surface area contributed by atoms with E-state index in [4.69, 9.17) is 25.8 Å². The van der Waals surface area contributed by atoms with Crippen molar-refractivity contribution >= 4 is 29.4 Å². The molecule has 1 aromatic heterocycles. The minimum absolute atomic E-state index is 0.00891. The summed E-state index contributed by atoms with van der Waals surface area (Å²) in [6, 6.07) is 2.75. The molecule has 2 amide bonds. The van der Waals surface area contributed by atoms with Gasteiger partial charge in [-0.2, -0.15) is 0 Å². The Balaban J connectivity index is 1.56. The largest absolute Gasteiger partial charge is 0.495 e. The molecule has 0 saturated carbocycles. The van der Waals surface area contributed by atoms with Crippen LogP contribution in [0.5, 0.6) is 11.5 Å². The van der Waals surface area contributed by atoms with Gasteiger partial charge in [-0.25, -0.2) is 15.4 Å². The number of carbonyl (C=O) groups excluding carboxylic acids is 2. The second-order valence-electron chi connectivity index (χ2n) is 9.35. The van der Waals surface area contributed by atoms with Gasteiger partial charge in [0.1, 0.15) is 12.4 Å². The summed E-state index contributed by atoms with van der Waals surface area (Å²) in [4.78, 5) is 40.0. The molecule has 3 atom stereocenters. The van der Waals surface area contributed by atoms with Gasteiger partial charge in [-0.3, -0.25) is 14.4 Å². The van der Waals surface area contributed by atoms with Crippen molar-refractivity contribution in [1.29, 1.82) is 0 Å². The first-order chi connectivity index (χ1) is 18.2. The number of nitrogens with one attached hydrogen (secondary N) is 3. The van der Waals surface area contributed by atoms with Gasteiger partial charge in [-0.05, 0) is 32.1 Å². The Kier molecular flexibility index (Phi) is 10.9. The van der Waals surface area contributed by atoms with Crippen LogP contribution in [0.4, 0.5) is 5.95 Å². The number of methoxy groups -OCH3 is 1. The molecule has 0 bridgehead atoms. The van der Waals surface area contributed by atoms with Gasteiger partial charge < -0.3 is 29.7 Å². The minimum Gasteiger partial charge on any atom is -0.495 e. The average Bonchev–Trinajstić information content (AvgIpc) is 3.29. The Morgan fingerprint density at radius 3 is 2.55 bits per heavy atom. The molecule has 2 heterocycles. The topological polar surface area (TPSA) is 136 Å². The number of halogens is 1. The molecule has 208 valence electrons. The Morgan fingerprint density at radius 1 is 1.18 bits per heavy atom. The number of benzene rings is 1. The number of aromatic nitrogens is 2. The first-order valence-corrected chi connectivity index (χ1v) is 12.5. The van der Waals surface area contributed by atoms with Gasteiger partial charge in [-0.15, -0.1) is 0 Å². The predicted molar refractivity (Wildman–Crippen MR) is 141 cm³/mol. The number of hydrogen-bond donors (Lipinski definition) is 3. The molecule has 1 saturated heterocycles. The SMILES string of the molecule is CONC(=O)c1cc(COc2cnc(NC3COCC3NC(=O)CC(C)CN(C)C)nc2)c(Cl)c(OC)c1. The molecule has 0 aliphatic carbocycles. The predicted octanol–water partition coefficient (Wildman–Crippen LogP) is 1.89. The van der Waals surface area contributed by atoms with E-state index in [-0.39, 0.29) is 30.5 Å². The van der Waals surface area contributed by atoms with Crippen LogP contribution in [0.15, 0.2) is 24.5 Å². The molecule has 3 unspecified atom stereocenters. The minimum atomic E-state index is -0.448. The van der Waals surface area contributed by atoms with Crippen LogP contribution in [0.25, 0.3) is 0 Å². The number of amides is 2. The van der Waals surface area contributed by atoms with Gasteiger partial charge in [-0.1, -0.05) is 18.5 Å². The van der Waals surface area contributed by atoms with E-state index in [1.54, 1.807) is 6.07 Å². The fraction of sp³-hybridized carbons (Fsp3) is 0.520. The quantitative estimate of drug-likeness (QED) is 0.317. The lowest BCUT2D eigenvalue weighted by Gasteiger charge is -2.22. The van der Waals surface area contributed by atoms with Crippen molar-refractivity contribution in [3.05, 3.63) is 40.7 Å². The van der Waals surface area contributed by atoms with Crippen LogP contribution in [0.2, 0.25) is 5.02 Å². The molecule has 1 aromatic carbocycles. The van der Waals surface area contributed by atoms with Crippen LogP contribution in [0.1, 0.15) is 29.3 Å². The molecule has 1 fully saturated rings. The molecular formula is C25H35ClN6O6. The van der Waals surface area contributed by atoms with Crippen LogP contribution in [-0.4, -0.2) is 86.8 Å². The van der Waals surface area contributed by atoms with Crippen molar-refractivity contribution in [2.24, 2.45) is 5.92 Å². The normalized spacial score (nSPS) is 17.7. The summed E-state index contributed by atoms with van der Waals surface area (Å²) in [5.74, 6) is 0.903. The molecule has 0 radical (unpaired) electrons. The maximum absolute atomic E-state index is 12.5. The summed E-state index contributed by atoms with van der Waals surface area (Å²) in [7, 11) is 6.78. The molecule has 13 heteroatoms. The van der Waals surface area contributed by atoms with Crippen LogP contribution < -0.4 is 25.6 Å². The van der Waals surface area contributed by atoms with Gasteiger partial charge in [0.2, 0.25) is 11.9 Å². The molecular weight excluding hydrogens is 516 g/mol. The molecule has 3 rings (SSSR count). The van der Waals surface area contributed by atoms with Crippen LogP contribution in [-0.2, 0) is 21.0 Å². The highest BCUT2D eigenvalue weighted by molar-refractivity contribution is 6.33. The van der Waals surface area contributed by atoms with E-state index in [2.05, 4.69) is 42.7 Å². The van der Waals surface area contributed by atoms with Gasteiger partial charge in [0.15, 0.2) is 5.75 Å². The standard InChI is InChI=1S/C25H35ClN6O6/c1-15(11-32(2)3)6-22(33)29-19-13-37-14-20(19)30-25-27-9-18(10-28-25)38-12-17-7-16(24(34)31-36-5)8-21(35-4)23(17)26/h7-10,15,19-20H,6,11-14H2,1-5H3,(H,29,33)(H,31,34)(H,27,28,30). The highest BCUT2D eigenvalue weighted by Gasteiger charge is 2.30. The Morgan fingerprint density at radius 2 is 1.89 bits per heavy atom. The van der Waals surface area contributed by atoms with Gasteiger partial charge >= 0.3 is 0 Å². The first kappa shape index (κ1) is 29.4. The number of hydroxylamine groups is 1. The fourth-order valence-corrected chi connectivity index (χ4v) is 4.33. The molecule has 38 heavy (non-hydrogen) atoms. The smallest absolute Gasteiger partial charge is 0.274 e. The summed E-state index contributed by atoms with van der Waals surface area (Å²) in [6.07, 6.45) is 3.49.